The van der Waals surface area contributed by atoms with E-state index >= 15 is 0 Å². The van der Waals surface area contributed by atoms with Gasteiger partial charge in [0.1, 0.15) is 0 Å². The Morgan fingerprint density at radius 1 is 0.667 bits per heavy atom. The van der Waals surface area contributed by atoms with Gasteiger partial charge in [-0.15, -0.1) is 0 Å². The highest BCUT2D eigenvalue weighted by atomic mass is 15.0. The van der Waals surface area contributed by atoms with Crippen molar-refractivity contribution >= 4 is 65.7 Å². The number of benzene rings is 6. The van der Waals surface area contributed by atoms with Crippen molar-refractivity contribution in [1.29, 1.82) is 0 Å². The van der Waals surface area contributed by atoms with Gasteiger partial charge in [-0.1, -0.05) is 121 Å². The van der Waals surface area contributed by atoms with E-state index in [0.29, 0.717) is 6.54 Å². The minimum absolute atomic E-state index is 0.609. The van der Waals surface area contributed by atoms with E-state index in [0.717, 1.165) is 28.0 Å². The van der Waals surface area contributed by atoms with E-state index in [1.807, 2.05) is 6.07 Å². The maximum absolute atomic E-state index is 5.24. The second kappa shape index (κ2) is 9.90. The van der Waals surface area contributed by atoms with E-state index in [-0.39, 0.29) is 0 Å². The SMILES string of the molecule is C/C=C(\C(=NCc1ccccc1)c1ccccc1)n1ccc2c3ccccc3c3c([nH]c4ccc5ccccc5c43)c21. The second-order valence-electron chi connectivity index (χ2n) is 10.8. The van der Waals surface area contributed by atoms with Crippen LogP contribution in [-0.2, 0) is 6.54 Å². The summed E-state index contributed by atoms with van der Waals surface area (Å²) in [6, 6.07) is 45.2. The van der Waals surface area contributed by atoms with Crippen molar-refractivity contribution in [1.82, 2.24) is 9.55 Å². The Morgan fingerprint density at radius 2 is 1.36 bits per heavy atom. The molecule has 42 heavy (non-hydrogen) atoms. The number of H-pyrrole nitrogens is 1. The van der Waals surface area contributed by atoms with E-state index < -0.39 is 0 Å². The van der Waals surface area contributed by atoms with Crippen LogP contribution in [0.3, 0.4) is 0 Å². The van der Waals surface area contributed by atoms with Gasteiger partial charge in [-0.25, -0.2) is 0 Å². The highest BCUT2D eigenvalue weighted by Gasteiger charge is 2.21. The number of hydrogen-bond donors (Lipinski definition) is 1. The molecule has 0 amide bonds. The Kier molecular flexibility index (Phi) is 5.75. The fraction of sp³-hybridized carbons (Fsp3) is 0.0513. The molecule has 0 unspecified atom stereocenters. The van der Waals surface area contributed by atoms with E-state index in [9.17, 15) is 0 Å². The second-order valence-corrected chi connectivity index (χ2v) is 10.8. The van der Waals surface area contributed by atoms with E-state index in [2.05, 4.69) is 150 Å². The molecule has 8 rings (SSSR count). The van der Waals surface area contributed by atoms with Crippen molar-refractivity contribution in [2.75, 3.05) is 0 Å². The van der Waals surface area contributed by atoms with Crippen molar-refractivity contribution in [3.8, 4) is 0 Å². The Labute approximate surface area is 244 Å². The number of fused-ring (bicyclic) bond motifs is 10. The third-order valence-corrected chi connectivity index (χ3v) is 8.38. The van der Waals surface area contributed by atoms with Gasteiger partial charge in [-0.2, -0.15) is 0 Å². The van der Waals surface area contributed by atoms with Crippen LogP contribution in [0.4, 0.5) is 0 Å². The number of hydrogen-bond acceptors (Lipinski definition) is 1. The molecular formula is C39H29N3. The average Bonchev–Trinajstić information content (AvgIpc) is 3.67. The molecular weight excluding hydrogens is 510 g/mol. The molecule has 0 aliphatic heterocycles. The molecule has 0 aliphatic carbocycles. The minimum Gasteiger partial charge on any atom is -0.353 e. The molecule has 0 spiro atoms. The molecule has 8 aromatic rings. The van der Waals surface area contributed by atoms with Gasteiger partial charge in [0.2, 0.25) is 0 Å². The molecule has 1 N–H and O–H groups in total. The zero-order chi connectivity index (χ0) is 28.0. The lowest BCUT2D eigenvalue weighted by Crippen LogP contribution is -2.11. The average molecular weight is 540 g/mol. The van der Waals surface area contributed by atoms with E-state index in [1.54, 1.807) is 0 Å². The van der Waals surface area contributed by atoms with Crippen LogP contribution in [0.25, 0.3) is 60.0 Å². The summed E-state index contributed by atoms with van der Waals surface area (Å²) in [6.45, 7) is 2.72. The lowest BCUT2D eigenvalue weighted by atomic mass is 9.97. The fourth-order valence-electron chi connectivity index (χ4n) is 6.52. The summed E-state index contributed by atoms with van der Waals surface area (Å²) in [5, 5.41) is 8.81. The molecule has 2 heterocycles. The molecule has 3 heteroatoms. The normalized spacial score (nSPS) is 12.8. The molecule has 0 saturated heterocycles. The summed E-state index contributed by atoms with van der Waals surface area (Å²) in [4.78, 5) is 9.10. The van der Waals surface area contributed by atoms with Crippen LogP contribution in [0.2, 0.25) is 0 Å². The molecule has 2 aromatic heterocycles. The molecule has 6 aromatic carbocycles. The van der Waals surface area contributed by atoms with Gasteiger partial charge >= 0.3 is 0 Å². The molecule has 0 atom stereocenters. The standard InChI is InChI=1S/C39H29N3/c1-2-34(37(28-16-7-4-8-17-28)40-25-26-13-5-3-6-14-26)42-24-23-32-30-19-11-12-20-31(30)36-35-29-18-10-9-15-27(29)21-22-33(35)41-38(36)39(32)42/h2-24,41H,25H2,1H3/b34-2+,40-37?. The number of aromatic amines is 1. The van der Waals surface area contributed by atoms with Crippen LogP contribution in [-0.4, -0.2) is 15.3 Å². The first-order chi connectivity index (χ1) is 20.8. The lowest BCUT2D eigenvalue weighted by molar-refractivity contribution is 1.06. The van der Waals surface area contributed by atoms with Crippen LogP contribution >= 0.6 is 0 Å². The summed E-state index contributed by atoms with van der Waals surface area (Å²) in [6.07, 6.45) is 4.39. The van der Waals surface area contributed by atoms with Gasteiger partial charge in [0.25, 0.3) is 0 Å². The van der Waals surface area contributed by atoms with Gasteiger partial charge in [0.05, 0.1) is 29.0 Å². The quantitative estimate of drug-likeness (QED) is 0.211. The summed E-state index contributed by atoms with van der Waals surface area (Å²) in [5.74, 6) is 0. The van der Waals surface area contributed by atoms with Gasteiger partial charge in [-0.05, 0) is 46.2 Å². The van der Waals surface area contributed by atoms with Crippen molar-refractivity contribution in [2.45, 2.75) is 13.5 Å². The van der Waals surface area contributed by atoms with Crippen LogP contribution in [0.15, 0.2) is 145 Å². The van der Waals surface area contributed by atoms with Crippen molar-refractivity contribution in [3.05, 3.63) is 151 Å². The monoisotopic (exact) mass is 539 g/mol. The zero-order valence-electron chi connectivity index (χ0n) is 23.4. The van der Waals surface area contributed by atoms with Gasteiger partial charge in [0, 0.05) is 33.4 Å². The number of nitrogens with zero attached hydrogens (tertiary/aromatic N) is 2. The van der Waals surface area contributed by atoms with Crippen molar-refractivity contribution in [2.24, 2.45) is 4.99 Å². The maximum atomic E-state index is 5.24. The Balaban J connectivity index is 1.45. The number of aliphatic imine (C=N–C) groups is 1. The molecule has 0 saturated carbocycles. The van der Waals surface area contributed by atoms with Crippen molar-refractivity contribution < 1.29 is 0 Å². The molecule has 0 fully saturated rings. The largest absolute Gasteiger partial charge is 0.353 e. The van der Waals surface area contributed by atoms with E-state index in [1.165, 1.54) is 48.8 Å². The van der Waals surface area contributed by atoms with Crippen molar-refractivity contribution in [3.63, 3.8) is 0 Å². The number of allylic oxidation sites excluding steroid dienone is 2. The summed E-state index contributed by atoms with van der Waals surface area (Å²) in [5.41, 5.74) is 7.79. The summed E-state index contributed by atoms with van der Waals surface area (Å²) >= 11 is 0. The minimum atomic E-state index is 0.609. The van der Waals surface area contributed by atoms with Gasteiger partial charge in [0.15, 0.2) is 0 Å². The summed E-state index contributed by atoms with van der Waals surface area (Å²) in [7, 11) is 0. The van der Waals surface area contributed by atoms with Gasteiger partial charge in [-0.3, -0.25) is 4.99 Å². The highest BCUT2D eigenvalue weighted by Crippen LogP contribution is 2.42. The molecule has 200 valence electrons. The number of nitrogens with one attached hydrogen (secondary N) is 1. The number of aromatic nitrogens is 2. The molecule has 0 aliphatic rings. The van der Waals surface area contributed by atoms with Crippen LogP contribution in [0.1, 0.15) is 18.1 Å². The third-order valence-electron chi connectivity index (χ3n) is 8.38. The molecule has 3 nitrogen and oxygen atoms in total. The van der Waals surface area contributed by atoms with E-state index in [4.69, 9.17) is 4.99 Å². The number of rotatable bonds is 5. The Bertz CT molecular complexity index is 2320. The Hall–Kier alpha value is -5.41. The lowest BCUT2D eigenvalue weighted by Gasteiger charge is -2.16. The highest BCUT2D eigenvalue weighted by molar-refractivity contribution is 6.36. The van der Waals surface area contributed by atoms with Crippen LogP contribution < -0.4 is 0 Å². The summed E-state index contributed by atoms with van der Waals surface area (Å²) < 4.78 is 2.33. The third kappa shape index (κ3) is 3.78. The van der Waals surface area contributed by atoms with Crippen LogP contribution in [0, 0.1) is 0 Å². The predicted molar refractivity (Wildman–Crippen MR) is 179 cm³/mol. The smallest absolute Gasteiger partial charge is 0.0887 e. The topological polar surface area (TPSA) is 33.1 Å². The predicted octanol–water partition coefficient (Wildman–Crippen LogP) is 10.1. The first-order valence-electron chi connectivity index (χ1n) is 14.5. The fourth-order valence-corrected chi connectivity index (χ4v) is 6.52. The van der Waals surface area contributed by atoms with Gasteiger partial charge < -0.3 is 9.55 Å². The molecule has 0 bridgehead atoms. The first-order valence-corrected chi connectivity index (χ1v) is 14.5. The first kappa shape index (κ1) is 24.4. The zero-order valence-corrected chi connectivity index (χ0v) is 23.4. The molecule has 0 radical (unpaired) electrons. The van der Waals surface area contributed by atoms with Crippen LogP contribution in [0.5, 0.6) is 0 Å². The maximum Gasteiger partial charge on any atom is 0.0887 e. The Morgan fingerprint density at radius 3 is 2.14 bits per heavy atom.